The van der Waals surface area contributed by atoms with Gasteiger partial charge in [-0.15, -0.1) is 0 Å². The number of hydrogen-bond donors (Lipinski definition) is 1. The van der Waals surface area contributed by atoms with E-state index >= 15 is 0 Å². The van der Waals surface area contributed by atoms with Gasteiger partial charge in [0.15, 0.2) is 0 Å². The number of alkyl halides is 3. The van der Waals surface area contributed by atoms with Crippen LogP contribution >= 0.6 is 24.3 Å². The van der Waals surface area contributed by atoms with E-state index in [0.29, 0.717) is 15.8 Å². The van der Waals surface area contributed by atoms with Crippen LogP contribution in [0.25, 0.3) is 10.2 Å². The lowest BCUT2D eigenvalue weighted by molar-refractivity contribution is -0.137. The Labute approximate surface area is 149 Å². The van der Waals surface area contributed by atoms with Crippen LogP contribution in [-0.2, 0) is 12.7 Å². The van der Waals surface area contributed by atoms with E-state index in [1.165, 1.54) is 18.3 Å². The average molecular weight is 385 g/mol. The third kappa shape index (κ3) is 3.54. The summed E-state index contributed by atoms with van der Waals surface area (Å²) in [5.74, 6) is 0. The monoisotopic (exact) mass is 385 g/mol. The molecule has 10 heteroatoms. The Bertz CT molecular complexity index is 980. The number of halogens is 3. The summed E-state index contributed by atoms with van der Waals surface area (Å²) in [4.78, 5) is 29.0. The zero-order chi connectivity index (χ0) is 18.2. The largest absolute Gasteiger partial charge is 0.416 e. The smallest absolute Gasteiger partial charge is 0.267 e. The normalized spacial score (nSPS) is 11.7. The molecule has 0 aliphatic heterocycles. The standard InChI is InChI=1S/C15H10F3N3O2S2/c16-15(17,18)10-5-3-9(4-6-10)8-20(24)14(23)21-13(22)11-2-1-7-19-12(11)25-21/h1-7,24H,8H2. The Kier molecular flexibility index (Phi) is 4.56. The lowest BCUT2D eigenvalue weighted by Gasteiger charge is -2.15. The topological polar surface area (TPSA) is 55.2 Å². The molecule has 25 heavy (non-hydrogen) atoms. The zero-order valence-electron chi connectivity index (χ0n) is 12.4. The molecule has 0 aliphatic rings. The van der Waals surface area contributed by atoms with Crippen molar-refractivity contribution in [3.8, 4) is 0 Å². The minimum absolute atomic E-state index is 0.0613. The van der Waals surface area contributed by atoms with Gasteiger partial charge in [0.2, 0.25) is 0 Å². The van der Waals surface area contributed by atoms with E-state index in [1.807, 2.05) is 0 Å². The van der Waals surface area contributed by atoms with Gasteiger partial charge in [0.25, 0.3) is 5.56 Å². The molecule has 0 fully saturated rings. The highest BCUT2D eigenvalue weighted by Crippen LogP contribution is 2.29. The minimum atomic E-state index is -4.42. The maximum atomic E-state index is 12.6. The number of benzene rings is 1. The highest BCUT2D eigenvalue weighted by Gasteiger charge is 2.30. The molecule has 0 spiro atoms. The highest BCUT2D eigenvalue weighted by atomic mass is 32.1. The van der Waals surface area contributed by atoms with E-state index in [-0.39, 0.29) is 6.54 Å². The Balaban J connectivity index is 1.80. The fourth-order valence-electron chi connectivity index (χ4n) is 2.13. The predicted octanol–water partition coefficient (Wildman–Crippen LogP) is 3.79. The molecule has 0 saturated carbocycles. The van der Waals surface area contributed by atoms with E-state index < -0.39 is 23.3 Å². The summed E-state index contributed by atoms with van der Waals surface area (Å²) in [5.41, 5.74) is -0.840. The third-order valence-corrected chi connectivity index (χ3v) is 4.69. The minimum Gasteiger partial charge on any atom is -0.267 e. The summed E-state index contributed by atoms with van der Waals surface area (Å²) in [5, 5.41) is 0.317. The Morgan fingerprint density at radius 2 is 1.92 bits per heavy atom. The summed E-state index contributed by atoms with van der Waals surface area (Å²) >= 11 is 4.93. The molecule has 2 heterocycles. The number of nitrogens with zero attached hydrogens (tertiary/aromatic N) is 3. The Morgan fingerprint density at radius 3 is 2.52 bits per heavy atom. The van der Waals surface area contributed by atoms with Crippen molar-refractivity contribution in [3.05, 3.63) is 64.1 Å². The van der Waals surface area contributed by atoms with Crippen molar-refractivity contribution in [3.63, 3.8) is 0 Å². The van der Waals surface area contributed by atoms with Gasteiger partial charge in [0.05, 0.1) is 17.5 Å². The average Bonchev–Trinajstić information content (AvgIpc) is 2.91. The molecule has 5 nitrogen and oxygen atoms in total. The molecule has 0 atom stereocenters. The number of thiol groups is 1. The Hall–Kier alpha value is -2.33. The first kappa shape index (κ1) is 17.5. The summed E-state index contributed by atoms with van der Waals surface area (Å²) < 4.78 is 39.5. The molecule has 0 bridgehead atoms. The van der Waals surface area contributed by atoms with Crippen molar-refractivity contribution in [1.82, 2.24) is 13.2 Å². The molecule has 1 amide bonds. The first-order valence-electron chi connectivity index (χ1n) is 6.91. The lowest BCUT2D eigenvalue weighted by atomic mass is 10.1. The molecular formula is C15H10F3N3O2S2. The molecular weight excluding hydrogens is 375 g/mol. The number of aromatic nitrogens is 2. The zero-order valence-corrected chi connectivity index (χ0v) is 14.1. The molecule has 0 unspecified atom stereocenters. The van der Waals surface area contributed by atoms with Gasteiger partial charge in [-0.05, 0) is 41.4 Å². The third-order valence-electron chi connectivity index (χ3n) is 3.37. The molecule has 3 aromatic rings. The first-order chi connectivity index (χ1) is 11.8. The second-order valence-electron chi connectivity index (χ2n) is 5.08. The van der Waals surface area contributed by atoms with Crippen molar-refractivity contribution < 1.29 is 18.0 Å². The summed E-state index contributed by atoms with van der Waals surface area (Å²) in [7, 11) is 0. The van der Waals surface area contributed by atoms with Gasteiger partial charge in [0, 0.05) is 6.20 Å². The molecule has 2 aromatic heterocycles. The van der Waals surface area contributed by atoms with Gasteiger partial charge in [-0.25, -0.2) is 9.78 Å². The second-order valence-corrected chi connectivity index (χ2v) is 6.50. The van der Waals surface area contributed by atoms with Gasteiger partial charge in [-0.1, -0.05) is 24.9 Å². The van der Waals surface area contributed by atoms with Crippen LogP contribution in [0, 0.1) is 0 Å². The highest BCUT2D eigenvalue weighted by molar-refractivity contribution is 7.78. The van der Waals surface area contributed by atoms with E-state index in [9.17, 15) is 22.8 Å². The van der Waals surface area contributed by atoms with Crippen LogP contribution < -0.4 is 5.56 Å². The first-order valence-corrected chi connectivity index (χ1v) is 8.08. The SMILES string of the molecule is O=C(N(S)Cc1ccc(C(F)(F)F)cc1)n1sc2ncccc2c1=O. The second kappa shape index (κ2) is 6.52. The van der Waals surface area contributed by atoms with Crippen molar-refractivity contribution in [1.29, 1.82) is 0 Å². The van der Waals surface area contributed by atoms with E-state index in [4.69, 9.17) is 0 Å². The lowest BCUT2D eigenvalue weighted by Crippen LogP contribution is -2.31. The van der Waals surface area contributed by atoms with Crippen LogP contribution in [-0.4, -0.2) is 19.3 Å². The van der Waals surface area contributed by atoms with Crippen molar-refractivity contribution in [2.75, 3.05) is 0 Å². The summed E-state index contributed by atoms with van der Waals surface area (Å²) in [6.45, 7) is -0.0613. The van der Waals surface area contributed by atoms with Gasteiger partial charge in [0.1, 0.15) is 4.83 Å². The van der Waals surface area contributed by atoms with E-state index in [2.05, 4.69) is 17.8 Å². The van der Waals surface area contributed by atoms with Crippen LogP contribution in [0.2, 0.25) is 0 Å². The van der Waals surface area contributed by atoms with Crippen molar-refractivity contribution in [2.45, 2.75) is 12.7 Å². The summed E-state index contributed by atoms with van der Waals surface area (Å²) in [6.07, 6.45) is -2.92. The van der Waals surface area contributed by atoms with Crippen LogP contribution in [0.15, 0.2) is 47.4 Å². The molecule has 1 aromatic carbocycles. The summed E-state index contributed by atoms with van der Waals surface area (Å²) in [6, 6.07) is 6.82. The molecule has 3 rings (SSSR count). The van der Waals surface area contributed by atoms with Crippen molar-refractivity contribution in [2.24, 2.45) is 0 Å². The number of pyridine rings is 1. The molecule has 130 valence electrons. The van der Waals surface area contributed by atoms with Crippen LogP contribution in [0.4, 0.5) is 18.0 Å². The Morgan fingerprint density at radius 1 is 1.24 bits per heavy atom. The fraction of sp³-hybridized carbons (Fsp3) is 0.133. The van der Waals surface area contributed by atoms with Crippen LogP contribution in [0.3, 0.4) is 0 Å². The molecule has 0 radical (unpaired) electrons. The predicted molar refractivity (Wildman–Crippen MR) is 90.6 cm³/mol. The molecule has 0 aliphatic carbocycles. The van der Waals surface area contributed by atoms with E-state index in [0.717, 1.165) is 31.9 Å². The fourth-order valence-corrected chi connectivity index (χ4v) is 3.34. The maximum Gasteiger partial charge on any atom is 0.416 e. The number of carbonyl (C=O) groups is 1. The maximum absolute atomic E-state index is 12.6. The van der Waals surface area contributed by atoms with E-state index in [1.54, 1.807) is 12.1 Å². The molecule has 0 N–H and O–H groups in total. The number of rotatable bonds is 2. The van der Waals surface area contributed by atoms with Gasteiger partial charge in [-0.3, -0.25) is 9.10 Å². The molecule has 0 saturated heterocycles. The van der Waals surface area contributed by atoms with Gasteiger partial charge < -0.3 is 0 Å². The number of carbonyl (C=O) groups excluding carboxylic acids is 1. The number of hydrogen-bond acceptors (Lipinski definition) is 5. The van der Waals surface area contributed by atoms with Gasteiger partial charge in [-0.2, -0.15) is 17.1 Å². The van der Waals surface area contributed by atoms with Crippen molar-refractivity contribution >= 4 is 40.6 Å². The quantitative estimate of drug-likeness (QED) is 0.683. The van der Waals surface area contributed by atoms with Gasteiger partial charge >= 0.3 is 12.2 Å². The van der Waals surface area contributed by atoms with Crippen LogP contribution in [0.1, 0.15) is 11.1 Å². The number of amides is 1. The number of fused-ring (bicyclic) bond motifs is 1. The van der Waals surface area contributed by atoms with Crippen LogP contribution in [0.5, 0.6) is 0 Å².